The van der Waals surface area contributed by atoms with Crippen LogP contribution < -0.4 is 10.6 Å². The highest BCUT2D eigenvalue weighted by Crippen LogP contribution is 2.24. The van der Waals surface area contributed by atoms with E-state index in [4.69, 9.17) is 16.7 Å². The SMILES string of the molecule is Cc1cccc(Cl)c1NC(=O)NCC(C)(O)CC(=O)O. The molecular weight excluding hydrogens is 284 g/mol. The van der Waals surface area contributed by atoms with E-state index in [0.717, 1.165) is 5.56 Å². The second kappa shape index (κ2) is 6.58. The van der Waals surface area contributed by atoms with Crippen molar-refractivity contribution in [3.63, 3.8) is 0 Å². The zero-order valence-corrected chi connectivity index (χ0v) is 12.0. The zero-order chi connectivity index (χ0) is 15.3. The first kappa shape index (κ1) is 16.3. The fourth-order valence-electron chi connectivity index (χ4n) is 1.61. The lowest BCUT2D eigenvalue weighted by molar-refractivity contribution is -0.141. The van der Waals surface area contributed by atoms with E-state index < -0.39 is 24.0 Å². The van der Waals surface area contributed by atoms with Gasteiger partial charge in [0.15, 0.2) is 0 Å². The number of carbonyl (C=O) groups is 2. The Bertz CT molecular complexity index is 497. The molecule has 0 saturated carbocycles. The van der Waals surface area contributed by atoms with Crippen molar-refractivity contribution in [3.05, 3.63) is 28.8 Å². The highest BCUT2D eigenvalue weighted by molar-refractivity contribution is 6.33. The van der Waals surface area contributed by atoms with Crippen LogP contribution in [0.1, 0.15) is 18.9 Å². The van der Waals surface area contributed by atoms with Crippen molar-refractivity contribution in [3.8, 4) is 0 Å². The summed E-state index contributed by atoms with van der Waals surface area (Å²) in [6.45, 7) is 2.94. The van der Waals surface area contributed by atoms with E-state index in [1.807, 2.05) is 0 Å². The van der Waals surface area contributed by atoms with Crippen molar-refractivity contribution in [1.82, 2.24) is 5.32 Å². The smallest absolute Gasteiger partial charge is 0.319 e. The summed E-state index contributed by atoms with van der Waals surface area (Å²) in [6.07, 6.45) is -0.460. The number of hydrogen-bond donors (Lipinski definition) is 4. The monoisotopic (exact) mass is 300 g/mol. The van der Waals surface area contributed by atoms with Crippen LogP contribution >= 0.6 is 11.6 Å². The largest absolute Gasteiger partial charge is 0.481 e. The van der Waals surface area contributed by atoms with E-state index >= 15 is 0 Å². The van der Waals surface area contributed by atoms with E-state index in [9.17, 15) is 14.7 Å². The predicted molar refractivity (Wildman–Crippen MR) is 76.1 cm³/mol. The number of benzene rings is 1. The van der Waals surface area contributed by atoms with Crippen molar-refractivity contribution in [1.29, 1.82) is 0 Å². The van der Waals surface area contributed by atoms with Gasteiger partial charge in [-0.1, -0.05) is 23.7 Å². The van der Waals surface area contributed by atoms with Crippen LogP contribution in [0.25, 0.3) is 0 Å². The number of para-hydroxylation sites is 1. The molecule has 0 aliphatic carbocycles. The number of urea groups is 1. The Morgan fingerprint density at radius 3 is 2.60 bits per heavy atom. The summed E-state index contributed by atoms with van der Waals surface area (Å²) in [7, 11) is 0. The van der Waals surface area contributed by atoms with Gasteiger partial charge in [0.2, 0.25) is 0 Å². The van der Waals surface area contributed by atoms with Crippen molar-refractivity contribution < 1.29 is 19.8 Å². The molecule has 1 unspecified atom stereocenters. The molecule has 0 saturated heterocycles. The number of aliphatic hydroxyl groups is 1. The number of aryl methyl sites for hydroxylation is 1. The molecule has 0 aliphatic rings. The number of anilines is 1. The minimum absolute atomic E-state index is 0.186. The average Bonchev–Trinajstić information content (AvgIpc) is 2.30. The quantitative estimate of drug-likeness (QED) is 0.668. The van der Waals surface area contributed by atoms with Crippen LogP contribution in [0.2, 0.25) is 5.02 Å². The van der Waals surface area contributed by atoms with Gasteiger partial charge >= 0.3 is 12.0 Å². The number of hydrogen-bond acceptors (Lipinski definition) is 3. The zero-order valence-electron chi connectivity index (χ0n) is 11.2. The summed E-state index contributed by atoms with van der Waals surface area (Å²) in [4.78, 5) is 22.2. The van der Waals surface area contributed by atoms with Crippen LogP contribution in [0.4, 0.5) is 10.5 Å². The van der Waals surface area contributed by atoms with Gasteiger partial charge in [-0.25, -0.2) is 4.79 Å². The lowest BCUT2D eigenvalue weighted by atomic mass is 10.0. The lowest BCUT2D eigenvalue weighted by Gasteiger charge is -2.21. The second-order valence-electron chi connectivity index (χ2n) is 4.81. The summed E-state index contributed by atoms with van der Waals surface area (Å²) in [5, 5.41) is 23.7. The van der Waals surface area contributed by atoms with E-state index in [-0.39, 0.29) is 6.54 Å². The van der Waals surface area contributed by atoms with Gasteiger partial charge < -0.3 is 20.8 Å². The molecule has 7 heteroatoms. The van der Waals surface area contributed by atoms with Crippen LogP contribution in [0.15, 0.2) is 18.2 Å². The average molecular weight is 301 g/mol. The van der Waals surface area contributed by atoms with Gasteiger partial charge in [-0.2, -0.15) is 0 Å². The number of carboxylic acid groups (broad SMARTS) is 1. The molecular formula is C13H17ClN2O4. The number of rotatable bonds is 5. The maximum Gasteiger partial charge on any atom is 0.319 e. The Balaban J connectivity index is 2.59. The molecule has 0 bridgehead atoms. The highest BCUT2D eigenvalue weighted by atomic mass is 35.5. The first-order chi connectivity index (χ1) is 9.21. The van der Waals surface area contributed by atoms with Gasteiger partial charge in [-0.3, -0.25) is 4.79 Å². The van der Waals surface area contributed by atoms with Crippen LogP contribution in [0.5, 0.6) is 0 Å². The highest BCUT2D eigenvalue weighted by Gasteiger charge is 2.24. The number of carbonyl (C=O) groups excluding carboxylic acids is 1. The molecule has 110 valence electrons. The van der Waals surface area contributed by atoms with Crippen molar-refractivity contribution in [2.24, 2.45) is 0 Å². The van der Waals surface area contributed by atoms with Gasteiger partial charge in [-0.05, 0) is 25.5 Å². The van der Waals surface area contributed by atoms with E-state index in [1.165, 1.54) is 6.92 Å². The molecule has 0 aliphatic heterocycles. The van der Waals surface area contributed by atoms with Crippen molar-refractivity contribution in [2.45, 2.75) is 25.9 Å². The molecule has 1 aromatic rings. The number of carboxylic acids is 1. The Morgan fingerprint density at radius 2 is 2.05 bits per heavy atom. The Morgan fingerprint density at radius 1 is 1.40 bits per heavy atom. The first-order valence-corrected chi connectivity index (χ1v) is 6.33. The molecule has 20 heavy (non-hydrogen) atoms. The Hall–Kier alpha value is -1.79. The third-order valence-corrected chi connectivity index (χ3v) is 2.94. The maximum absolute atomic E-state index is 11.7. The molecule has 0 heterocycles. The normalized spacial score (nSPS) is 13.4. The third-order valence-electron chi connectivity index (χ3n) is 2.62. The third kappa shape index (κ3) is 5.07. The maximum atomic E-state index is 11.7. The molecule has 2 amide bonds. The molecule has 1 aromatic carbocycles. The van der Waals surface area contributed by atoms with Crippen LogP contribution in [-0.4, -0.2) is 34.4 Å². The summed E-state index contributed by atoms with van der Waals surface area (Å²) in [6, 6.07) is 4.64. The standard InChI is InChI=1S/C13H17ClN2O4/c1-8-4-3-5-9(14)11(8)16-12(19)15-7-13(2,20)6-10(17)18/h3-5,20H,6-7H2,1-2H3,(H,17,18)(H2,15,16,19). The fourth-order valence-corrected chi connectivity index (χ4v) is 1.88. The molecule has 0 radical (unpaired) electrons. The lowest BCUT2D eigenvalue weighted by Crippen LogP contribution is -2.43. The van der Waals surface area contributed by atoms with Crippen molar-refractivity contribution in [2.75, 3.05) is 11.9 Å². The van der Waals surface area contributed by atoms with Gasteiger partial charge in [0.05, 0.1) is 22.7 Å². The Kier molecular flexibility index (Phi) is 5.35. The summed E-state index contributed by atoms with van der Waals surface area (Å²) in [5.41, 5.74) is -0.243. The first-order valence-electron chi connectivity index (χ1n) is 5.95. The van der Waals surface area contributed by atoms with Crippen LogP contribution in [0.3, 0.4) is 0 Å². The fraction of sp³-hybridized carbons (Fsp3) is 0.385. The second-order valence-corrected chi connectivity index (χ2v) is 5.21. The minimum atomic E-state index is -1.52. The van der Waals surface area contributed by atoms with E-state index in [2.05, 4.69) is 10.6 Å². The number of halogens is 1. The summed E-state index contributed by atoms with van der Waals surface area (Å²) in [5.74, 6) is -1.14. The van der Waals surface area contributed by atoms with Gasteiger partial charge in [0.25, 0.3) is 0 Å². The summed E-state index contributed by atoms with van der Waals surface area (Å²) < 4.78 is 0. The molecule has 0 spiro atoms. The van der Waals surface area contributed by atoms with Crippen LogP contribution in [0, 0.1) is 6.92 Å². The molecule has 1 rings (SSSR count). The minimum Gasteiger partial charge on any atom is -0.481 e. The van der Waals surface area contributed by atoms with E-state index in [0.29, 0.717) is 10.7 Å². The number of amides is 2. The van der Waals surface area contributed by atoms with Crippen molar-refractivity contribution >= 4 is 29.3 Å². The van der Waals surface area contributed by atoms with Gasteiger partial charge in [0, 0.05) is 6.54 Å². The van der Waals surface area contributed by atoms with Gasteiger partial charge in [0.1, 0.15) is 0 Å². The molecule has 0 fully saturated rings. The number of aliphatic carboxylic acids is 1. The number of nitrogens with one attached hydrogen (secondary N) is 2. The molecule has 1 atom stereocenters. The Labute approximate surface area is 121 Å². The summed E-state index contributed by atoms with van der Waals surface area (Å²) >= 11 is 5.96. The topological polar surface area (TPSA) is 98.7 Å². The molecule has 4 N–H and O–H groups in total. The van der Waals surface area contributed by atoms with Gasteiger partial charge in [-0.15, -0.1) is 0 Å². The predicted octanol–water partition coefficient (Wildman–Crippen LogP) is 2.00. The molecule has 6 nitrogen and oxygen atoms in total. The van der Waals surface area contributed by atoms with Crippen LogP contribution in [-0.2, 0) is 4.79 Å². The van der Waals surface area contributed by atoms with E-state index in [1.54, 1.807) is 25.1 Å². The molecule has 0 aromatic heterocycles.